The van der Waals surface area contributed by atoms with Gasteiger partial charge in [-0.25, -0.2) is 0 Å². The Morgan fingerprint density at radius 2 is 2.11 bits per heavy atom. The number of hydrogen-bond acceptors (Lipinski definition) is 4. The maximum Gasteiger partial charge on any atom is 0.264 e. The summed E-state index contributed by atoms with van der Waals surface area (Å²) in [4.78, 5) is 1.31. The molecule has 0 saturated heterocycles. The molecule has 0 unspecified atom stereocenters. The molecule has 1 atom stereocenters. The largest absolute Gasteiger partial charge is 0.290 e. The van der Waals surface area contributed by atoms with Crippen molar-refractivity contribution in [1.29, 1.82) is 0 Å². The number of rotatable bonds is 7. The lowest BCUT2D eigenvalue weighted by Gasteiger charge is -2.25. The second kappa shape index (κ2) is 7.29. The maximum atomic E-state index is 11.2. The molecule has 0 aliphatic heterocycles. The molecule has 0 saturated carbocycles. The Morgan fingerprint density at radius 1 is 1.47 bits per heavy atom. The van der Waals surface area contributed by atoms with Gasteiger partial charge in [-0.15, -0.1) is 6.42 Å². The first kappa shape index (κ1) is 12.7. The standard InChI is InChI=1S/C14H19NO3S/c1-4-10-15(2)14(12-18-19(3,16)17)11-13-8-6-5-7-9-13/h1,5-9,14H,10-12H2,2-3H3/t14-/m0/s1/i10D2. The van der Waals surface area contributed by atoms with E-state index in [9.17, 15) is 8.42 Å². The third kappa shape index (κ3) is 6.39. The molecule has 19 heavy (non-hydrogen) atoms. The minimum atomic E-state index is -3.60. The Bertz CT molecular complexity index is 596. The smallest absolute Gasteiger partial charge is 0.264 e. The molecule has 5 heteroatoms. The van der Waals surface area contributed by atoms with Crippen molar-refractivity contribution in [3.05, 3.63) is 35.9 Å². The van der Waals surface area contributed by atoms with Crippen LogP contribution in [0.15, 0.2) is 30.3 Å². The highest BCUT2D eigenvalue weighted by atomic mass is 32.2. The fourth-order valence-electron chi connectivity index (χ4n) is 1.59. The minimum Gasteiger partial charge on any atom is -0.290 e. The van der Waals surface area contributed by atoms with Gasteiger partial charge in [0.1, 0.15) is 0 Å². The third-order valence-electron chi connectivity index (χ3n) is 2.58. The number of likely N-dealkylation sites (N-methyl/N-ethyl adjacent to an activating group) is 1. The molecular formula is C14H19NO3S. The molecule has 1 aromatic carbocycles. The summed E-state index contributed by atoms with van der Waals surface area (Å²) in [7, 11) is -2.08. The zero-order valence-corrected chi connectivity index (χ0v) is 11.9. The molecule has 104 valence electrons. The molecule has 0 aromatic heterocycles. The highest BCUT2D eigenvalue weighted by Crippen LogP contribution is 2.09. The number of terminal acetylenes is 1. The summed E-state index contributed by atoms with van der Waals surface area (Å²) < 4.78 is 42.7. The molecule has 1 aromatic rings. The normalized spacial score (nSPS) is 15.5. The van der Waals surface area contributed by atoms with Gasteiger partial charge in [-0.2, -0.15) is 8.42 Å². The number of hydrogen-bond donors (Lipinski definition) is 0. The Balaban J connectivity index is 2.92. The minimum absolute atomic E-state index is 0.161. The topological polar surface area (TPSA) is 46.6 Å². The summed E-state index contributed by atoms with van der Waals surface area (Å²) in [6.07, 6.45) is 6.58. The lowest BCUT2D eigenvalue weighted by molar-refractivity contribution is 0.178. The Morgan fingerprint density at radius 3 is 2.63 bits per heavy atom. The highest BCUT2D eigenvalue weighted by molar-refractivity contribution is 7.85. The number of nitrogens with zero attached hydrogens (tertiary/aromatic N) is 1. The summed E-state index contributed by atoms with van der Waals surface area (Å²) in [5.41, 5.74) is 0.944. The van der Waals surface area contributed by atoms with Crippen molar-refractivity contribution in [1.82, 2.24) is 4.90 Å². The second-order valence-corrected chi connectivity index (χ2v) is 5.84. The van der Waals surface area contributed by atoms with Crippen LogP contribution in [0.1, 0.15) is 8.30 Å². The monoisotopic (exact) mass is 283 g/mol. The van der Waals surface area contributed by atoms with Crippen LogP contribution in [0.4, 0.5) is 0 Å². The van der Waals surface area contributed by atoms with Crippen LogP contribution >= 0.6 is 0 Å². The van der Waals surface area contributed by atoms with Crippen LogP contribution in [0.5, 0.6) is 0 Å². The van der Waals surface area contributed by atoms with E-state index in [-0.39, 0.29) is 6.61 Å². The first-order valence-corrected chi connectivity index (χ1v) is 7.56. The van der Waals surface area contributed by atoms with Crippen molar-refractivity contribution in [2.24, 2.45) is 0 Å². The predicted molar refractivity (Wildman–Crippen MR) is 76.2 cm³/mol. The molecule has 0 fully saturated rings. The van der Waals surface area contributed by atoms with E-state index in [0.717, 1.165) is 11.8 Å². The second-order valence-electron chi connectivity index (χ2n) is 4.20. The van der Waals surface area contributed by atoms with Crippen LogP contribution in [-0.2, 0) is 20.7 Å². The summed E-state index contributed by atoms with van der Waals surface area (Å²) in [6, 6.07) is 8.85. The van der Waals surface area contributed by atoms with E-state index in [1.807, 2.05) is 30.3 Å². The van der Waals surface area contributed by atoms with E-state index in [1.54, 1.807) is 0 Å². The van der Waals surface area contributed by atoms with Gasteiger partial charge in [0.25, 0.3) is 10.1 Å². The van der Waals surface area contributed by atoms with E-state index in [4.69, 9.17) is 13.3 Å². The van der Waals surface area contributed by atoms with Gasteiger partial charge in [0.15, 0.2) is 0 Å². The molecule has 0 bridgehead atoms. The molecule has 0 radical (unpaired) electrons. The molecule has 4 nitrogen and oxygen atoms in total. The Kier molecular flexibility index (Phi) is 4.86. The fourth-order valence-corrected chi connectivity index (χ4v) is 1.99. The summed E-state index contributed by atoms with van der Waals surface area (Å²) in [5, 5.41) is 0. The number of benzene rings is 1. The molecule has 0 aliphatic carbocycles. The highest BCUT2D eigenvalue weighted by Gasteiger charge is 2.17. The lowest BCUT2D eigenvalue weighted by Crippen LogP contribution is -2.38. The van der Waals surface area contributed by atoms with E-state index >= 15 is 0 Å². The molecular weight excluding hydrogens is 262 g/mol. The van der Waals surface area contributed by atoms with Gasteiger partial charge in [-0.1, -0.05) is 36.3 Å². The summed E-state index contributed by atoms with van der Waals surface area (Å²) >= 11 is 0. The third-order valence-corrected chi connectivity index (χ3v) is 3.14. The van der Waals surface area contributed by atoms with Crippen LogP contribution in [0.2, 0.25) is 0 Å². The van der Waals surface area contributed by atoms with E-state index in [1.165, 1.54) is 11.9 Å². The molecule has 0 aliphatic rings. The SMILES string of the molecule is [2H]C([2H])(C#C)N(C)[C@H](COS(C)(=O)=O)Cc1ccccc1. The quantitative estimate of drug-likeness (QED) is 0.556. The first-order chi connectivity index (χ1) is 9.65. The molecule has 0 spiro atoms. The van der Waals surface area contributed by atoms with Crippen LogP contribution in [0.3, 0.4) is 0 Å². The summed E-state index contributed by atoms with van der Waals surface area (Å²) in [5.74, 6) is 2.06. The van der Waals surface area contributed by atoms with Gasteiger partial charge >= 0.3 is 0 Å². The van der Waals surface area contributed by atoms with Crippen molar-refractivity contribution < 1.29 is 15.3 Å². The van der Waals surface area contributed by atoms with Gasteiger partial charge in [0.2, 0.25) is 0 Å². The van der Waals surface area contributed by atoms with Crippen LogP contribution in [0, 0.1) is 12.3 Å². The average Bonchev–Trinajstić information content (AvgIpc) is 2.42. The van der Waals surface area contributed by atoms with Gasteiger partial charge in [0.05, 0.1) is 22.1 Å². The molecule has 0 heterocycles. The van der Waals surface area contributed by atoms with E-state index in [2.05, 4.69) is 5.92 Å². The van der Waals surface area contributed by atoms with Crippen molar-refractivity contribution >= 4 is 10.1 Å². The average molecular weight is 283 g/mol. The Labute approximate surface area is 118 Å². The van der Waals surface area contributed by atoms with Crippen LogP contribution in [0.25, 0.3) is 0 Å². The molecule has 1 rings (SSSR count). The Hall–Kier alpha value is -1.35. The van der Waals surface area contributed by atoms with Gasteiger partial charge in [0, 0.05) is 6.04 Å². The van der Waals surface area contributed by atoms with Crippen molar-refractivity contribution in [2.45, 2.75) is 12.5 Å². The maximum absolute atomic E-state index is 11.2. The zero-order chi connectivity index (χ0) is 16.1. The lowest BCUT2D eigenvalue weighted by atomic mass is 10.1. The van der Waals surface area contributed by atoms with Crippen LogP contribution < -0.4 is 0 Å². The van der Waals surface area contributed by atoms with E-state index < -0.39 is 22.7 Å². The van der Waals surface area contributed by atoms with Gasteiger partial charge in [-0.05, 0) is 19.0 Å². The van der Waals surface area contributed by atoms with Gasteiger partial charge < -0.3 is 0 Å². The first-order valence-electron chi connectivity index (χ1n) is 6.75. The predicted octanol–water partition coefficient (Wildman–Crippen LogP) is 1.14. The van der Waals surface area contributed by atoms with Crippen molar-refractivity contribution in [2.75, 3.05) is 26.4 Å². The van der Waals surface area contributed by atoms with E-state index in [0.29, 0.717) is 6.42 Å². The van der Waals surface area contributed by atoms with Crippen LogP contribution in [-0.4, -0.2) is 45.8 Å². The molecule has 0 amide bonds. The molecule has 0 N–H and O–H groups in total. The van der Waals surface area contributed by atoms with Crippen molar-refractivity contribution in [3.63, 3.8) is 0 Å². The summed E-state index contributed by atoms with van der Waals surface area (Å²) in [6.45, 7) is -2.15. The fraction of sp³-hybridized carbons (Fsp3) is 0.429. The zero-order valence-electron chi connectivity index (χ0n) is 13.0. The van der Waals surface area contributed by atoms with Crippen molar-refractivity contribution in [3.8, 4) is 12.3 Å². The van der Waals surface area contributed by atoms with Gasteiger partial charge in [-0.3, -0.25) is 9.08 Å².